The molecule has 0 aliphatic heterocycles. The SMILES string of the molecule is CCOCC/C(C#CCOc1ccccc1)=C\C(=O)OC. The lowest BCUT2D eigenvalue weighted by atomic mass is 10.2. The van der Waals surface area contributed by atoms with Crippen LogP contribution < -0.4 is 4.74 Å². The van der Waals surface area contributed by atoms with Crippen LogP contribution in [-0.4, -0.2) is 32.9 Å². The van der Waals surface area contributed by atoms with Gasteiger partial charge in [-0.05, 0) is 19.1 Å². The number of para-hydroxylation sites is 1. The number of ether oxygens (including phenoxy) is 3. The van der Waals surface area contributed by atoms with E-state index in [0.717, 1.165) is 5.75 Å². The highest BCUT2D eigenvalue weighted by atomic mass is 16.5. The molecule has 4 nitrogen and oxygen atoms in total. The van der Waals surface area contributed by atoms with Gasteiger partial charge in [-0.15, -0.1) is 0 Å². The van der Waals surface area contributed by atoms with Crippen molar-refractivity contribution in [2.75, 3.05) is 26.9 Å². The zero-order chi connectivity index (χ0) is 15.3. The van der Waals surface area contributed by atoms with Crippen LogP contribution in [0.15, 0.2) is 42.0 Å². The Kier molecular flexibility index (Phi) is 8.42. The van der Waals surface area contributed by atoms with Crippen molar-refractivity contribution in [2.45, 2.75) is 13.3 Å². The highest BCUT2D eigenvalue weighted by Crippen LogP contribution is 2.07. The number of hydrogen-bond acceptors (Lipinski definition) is 4. The minimum absolute atomic E-state index is 0.261. The van der Waals surface area contributed by atoms with Crippen molar-refractivity contribution in [1.29, 1.82) is 0 Å². The molecule has 21 heavy (non-hydrogen) atoms. The van der Waals surface area contributed by atoms with E-state index in [0.29, 0.717) is 25.2 Å². The van der Waals surface area contributed by atoms with E-state index < -0.39 is 5.97 Å². The quantitative estimate of drug-likeness (QED) is 0.335. The van der Waals surface area contributed by atoms with Crippen molar-refractivity contribution in [2.24, 2.45) is 0 Å². The fourth-order valence-corrected chi connectivity index (χ4v) is 1.48. The average Bonchev–Trinajstić information content (AvgIpc) is 2.52. The van der Waals surface area contributed by atoms with Crippen LogP contribution in [0.1, 0.15) is 13.3 Å². The van der Waals surface area contributed by atoms with Gasteiger partial charge in [0.2, 0.25) is 0 Å². The van der Waals surface area contributed by atoms with Gasteiger partial charge >= 0.3 is 5.97 Å². The molecular formula is C17H20O4. The summed E-state index contributed by atoms with van der Waals surface area (Å²) < 4.78 is 15.3. The predicted octanol–water partition coefficient (Wildman–Crippen LogP) is 2.59. The summed E-state index contributed by atoms with van der Waals surface area (Å²) in [7, 11) is 1.34. The van der Waals surface area contributed by atoms with Crippen LogP contribution in [0.25, 0.3) is 0 Å². The third-order valence-electron chi connectivity index (χ3n) is 2.52. The standard InChI is InChI=1S/C17H20O4/c1-3-20-13-11-15(14-17(18)19-2)8-7-12-21-16-9-5-4-6-10-16/h4-6,9-10,14H,3,11-13H2,1-2H3/b15-14-. The first-order chi connectivity index (χ1) is 10.3. The molecule has 0 spiro atoms. The monoisotopic (exact) mass is 288 g/mol. The molecule has 0 aliphatic carbocycles. The van der Waals surface area contributed by atoms with E-state index in [2.05, 4.69) is 16.6 Å². The molecule has 0 atom stereocenters. The fraction of sp³-hybridized carbons (Fsp3) is 0.353. The number of carbonyl (C=O) groups excluding carboxylic acids is 1. The van der Waals surface area contributed by atoms with Gasteiger partial charge in [-0.3, -0.25) is 0 Å². The van der Waals surface area contributed by atoms with E-state index in [-0.39, 0.29) is 6.61 Å². The van der Waals surface area contributed by atoms with Crippen LogP contribution in [-0.2, 0) is 14.3 Å². The van der Waals surface area contributed by atoms with E-state index in [1.807, 2.05) is 37.3 Å². The molecule has 0 saturated heterocycles. The third-order valence-corrected chi connectivity index (χ3v) is 2.52. The van der Waals surface area contributed by atoms with Crippen LogP contribution >= 0.6 is 0 Å². The number of benzene rings is 1. The topological polar surface area (TPSA) is 44.8 Å². The maximum atomic E-state index is 11.3. The molecule has 0 heterocycles. The van der Waals surface area contributed by atoms with Gasteiger partial charge in [0.25, 0.3) is 0 Å². The van der Waals surface area contributed by atoms with Gasteiger partial charge in [0.15, 0.2) is 0 Å². The first-order valence-electron chi connectivity index (χ1n) is 6.79. The number of rotatable bonds is 7. The molecule has 0 unspecified atom stereocenters. The summed E-state index contributed by atoms with van der Waals surface area (Å²) in [6, 6.07) is 9.44. The number of esters is 1. The van der Waals surface area contributed by atoms with E-state index in [4.69, 9.17) is 9.47 Å². The molecule has 1 aromatic rings. The summed E-state index contributed by atoms with van der Waals surface area (Å²) >= 11 is 0. The molecule has 0 aliphatic rings. The van der Waals surface area contributed by atoms with Crippen molar-refractivity contribution in [3.63, 3.8) is 0 Å². The lowest BCUT2D eigenvalue weighted by Gasteiger charge is -2.02. The maximum Gasteiger partial charge on any atom is 0.331 e. The van der Waals surface area contributed by atoms with Crippen molar-refractivity contribution < 1.29 is 19.0 Å². The lowest BCUT2D eigenvalue weighted by Crippen LogP contribution is -2.00. The van der Waals surface area contributed by atoms with Gasteiger partial charge in [-0.1, -0.05) is 30.0 Å². The molecule has 112 valence electrons. The van der Waals surface area contributed by atoms with Gasteiger partial charge in [0, 0.05) is 24.7 Å². The van der Waals surface area contributed by atoms with Gasteiger partial charge in [-0.25, -0.2) is 4.79 Å². The van der Waals surface area contributed by atoms with Crippen LogP contribution in [0.2, 0.25) is 0 Å². The van der Waals surface area contributed by atoms with Gasteiger partial charge in [0.1, 0.15) is 12.4 Å². The molecule has 0 radical (unpaired) electrons. The number of methoxy groups -OCH3 is 1. The second-order valence-electron chi connectivity index (χ2n) is 4.04. The normalized spacial score (nSPS) is 10.5. The minimum atomic E-state index is -0.417. The Morgan fingerprint density at radius 1 is 1.29 bits per heavy atom. The Morgan fingerprint density at radius 2 is 2.05 bits per heavy atom. The summed E-state index contributed by atoms with van der Waals surface area (Å²) in [6.07, 6.45) is 1.95. The van der Waals surface area contributed by atoms with Crippen molar-refractivity contribution >= 4 is 5.97 Å². The van der Waals surface area contributed by atoms with Crippen LogP contribution in [0.5, 0.6) is 5.75 Å². The molecule has 0 N–H and O–H groups in total. The average molecular weight is 288 g/mol. The molecule has 0 saturated carbocycles. The molecule has 0 fully saturated rings. The second kappa shape index (κ2) is 10.5. The first-order valence-corrected chi connectivity index (χ1v) is 6.79. The highest BCUT2D eigenvalue weighted by molar-refractivity contribution is 5.83. The molecule has 4 heteroatoms. The van der Waals surface area contributed by atoms with Crippen LogP contribution in [0, 0.1) is 11.8 Å². The fourth-order valence-electron chi connectivity index (χ4n) is 1.48. The zero-order valence-corrected chi connectivity index (χ0v) is 12.4. The largest absolute Gasteiger partial charge is 0.481 e. The zero-order valence-electron chi connectivity index (χ0n) is 12.4. The Morgan fingerprint density at radius 3 is 2.71 bits per heavy atom. The summed E-state index contributed by atoms with van der Waals surface area (Å²) in [5, 5.41) is 0. The minimum Gasteiger partial charge on any atom is -0.481 e. The van der Waals surface area contributed by atoms with Crippen LogP contribution in [0.4, 0.5) is 0 Å². The summed E-state index contributed by atoms with van der Waals surface area (Å²) in [6.45, 7) is 3.34. The van der Waals surface area contributed by atoms with Crippen molar-refractivity contribution in [3.8, 4) is 17.6 Å². The molecule has 0 amide bonds. The molecule has 1 rings (SSSR count). The number of carbonyl (C=O) groups is 1. The first kappa shape index (κ1) is 16.8. The smallest absolute Gasteiger partial charge is 0.331 e. The molecule has 1 aromatic carbocycles. The number of hydrogen-bond donors (Lipinski definition) is 0. The van der Waals surface area contributed by atoms with E-state index >= 15 is 0 Å². The van der Waals surface area contributed by atoms with Crippen molar-refractivity contribution in [1.82, 2.24) is 0 Å². The summed E-state index contributed by atoms with van der Waals surface area (Å²) in [5.41, 5.74) is 0.673. The highest BCUT2D eigenvalue weighted by Gasteiger charge is 1.99. The predicted molar refractivity (Wildman–Crippen MR) is 80.9 cm³/mol. The Bertz CT molecular complexity index is 509. The maximum absolute atomic E-state index is 11.3. The van der Waals surface area contributed by atoms with Gasteiger partial charge in [0.05, 0.1) is 13.7 Å². The Balaban J connectivity index is 2.53. The lowest BCUT2D eigenvalue weighted by molar-refractivity contribution is -0.134. The van der Waals surface area contributed by atoms with E-state index in [1.54, 1.807) is 0 Å². The van der Waals surface area contributed by atoms with Crippen LogP contribution in [0.3, 0.4) is 0 Å². The van der Waals surface area contributed by atoms with Gasteiger partial charge in [-0.2, -0.15) is 0 Å². The Labute approximate surface area is 125 Å². The third kappa shape index (κ3) is 7.81. The molecule has 0 bridgehead atoms. The summed E-state index contributed by atoms with van der Waals surface area (Å²) in [4.78, 5) is 11.3. The van der Waals surface area contributed by atoms with Gasteiger partial charge < -0.3 is 14.2 Å². The Hall–Kier alpha value is -2.25. The van der Waals surface area contributed by atoms with E-state index in [9.17, 15) is 4.79 Å². The second-order valence-corrected chi connectivity index (χ2v) is 4.04. The summed E-state index contributed by atoms with van der Waals surface area (Å²) in [5.74, 6) is 6.15. The molecule has 0 aromatic heterocycles. The van der Waals surface area contributed by atoms with E-state index in [1.165, 1.54) is 13.2 Å². The van der Waals surface area contributed by atoms with Crippen molar-refractivity contribution in [3.05, 3.63) is 42.0 Å². The molecular weight excluding hydrogens is 268 g/mol.